The Kier molecular flexibility index (Phi) is 23.0. The molecule has 4 aromatic rings. The lowest BCUT2D eigenvalue weighted by atomic mass is 9.93. The molecule has 5 aliphatic rings. The first-order valence-corrected chi connectivity index (χ1v) is 30.9. The molecule has 0 aromatic heterocycles. The van der Waals surface area contributed by atoms with Crippen molar-refractivity contribution >= 4 is 52.7 Å². The van der Waals surface area contributed by atoms with Gasteiger partial charge < -0.3 is 84.5 Å². The molecular formula is C65H86N8O16. The SMILES string of the molecule is COc1cc2c(cc1OCCCCCOc1cc3c(cc1OC)C(=O)N1Cc4ccccc4C[C@H]1[C@H](O)N3C(=O)OCc1ccc(NC(=O)[C@H](C)NC(=O)[C@@H](NC(=O)CCOCCOCCOCCOCCN)C(C)C)cc1)NC[C@@H]1CC3(CC3)CN1C2=O. The number of methoxy groups -OCH3 is 2. The molecular weight excluding hydrogens is 1150 g/mol. The van der Waals surface area contributed by atoms with Crippen molar-refractivity contribution in [3.05, 3.63) is 101 Å². The summed E-state index contributed by atoms with van der Waals surface area (Å²) in [6.07, 6.45) is 3.23. The number of carbonyl (C=O) groups is 6. The van der Waals surface area contributed by atoms with E-state index >= 15 is 0 Å². The summed E-state index contributed by atoms with van der Waals surface area (Å²) in [5.41, 5.74) is 10.0. The first-order chi connectivity index (χ1) is 43.1. The van der Waals surface area contributed by atoms with Gasteiger partial charge in [-0.05, 0) is 104 Å². The van der Waals surface area contributed by atoms with Crippen LogP contribution in [0.5, 0.6) is 23.0 Å². The summed E-state index contributed by atoms with van der Waals surface area (Å²) in [4.78, 5) is 87.0. The number of unbranched alkanes of at least 4 members (excludes halogenated alkanes) is 2. The maximum Gasteiger partial charge on any atom is 0.416 e. The molecule has 9 rings (SSSR count). The first kappa shape index (κ1) is 65.7. The molecule has 24 heteroatoms. The van der Waals surface area contributed by atoms with E-state index in [1.165, 1.54) is 39.0 Å². The number of carbonyl (C=O) groups excluding carboxylic acids is 6. The molecule has 0 bridgehead atoms. The fourth-order valence-electron chi connectivity index (χ4n) is 11.6. The van der Waals surface area contributed by atoms with Gasteiger partial charge in [0.15, 0.2) is 29.2 Å². The number of fused-ring (bicyclic) bond motifs is 5. The number of rotatable bonds is 32. The zero-order chi connectivity index (χ0) is 63.0. The lowest BCUT2D eigenvalue weighted by molar-refractivity contribution is -0.132. The van der Waals surface area contributed by atoms with Crippen LogP contribution in [-0.2, 0) is 57.6 Å². The normalized spacial score (nSPS) is 18.4. The van der Waals surface area contributed by atoms with Crippen molar-refractivity contribution in [2.75, 3.05) is 115 Å². The maximum atomic E-state index is 14.6. The number of aliphatic hydroxyl groups is 1. The van der Waals surface area contributed by atoms with Gasteiger partial charge in [-0.2, -0.15) is 0 Å². The van der Waals surface area contributed by atoms with Crippen LogP contribution in [0.1, 0.15) is 103 Å². The average Bonchev–Trinajstić information content (AvgIpc) is 1.66. The van der Waals surface area contributed by atoms with Crippen LogP contribution in [-0.4, -0.2) is 181 Å². The van der Waals surface area contributed by atoms with Crippen molar-refractivity contribution in [3.8, 4) is 23.0 Å². The summed E-state index contributed by atoms with van der Waals surface area (Å²) >= 11 is 0. The highest BCUT2D eigenvalue weighted by molar-refractivity contribution is 6.06. The smallest absolute Gasteiger partial charge is 0.416 e. The molecule has 482 valence electrons. The molecule has 0 radical (unpaired) electrons. The van der Waals surface area contributed by atoms with Gasteiger partial charge in [0.1, 0.15) is 18.7 Å². The Morgan fingerprint density at radius 2 is 1.33 bits per heavy atom. The second-order valence-corrected chi connectivity index (χ2v) is 23.5. The summed E-state index contributed by atoms with van der Waals surface area (Å²) in [7, 11) is 3.03. The van der Waals surface area contributed by atoms with Gasteiger partial charge in [0.2, 0.25) is 17.7 Å². The second-order valence-electron chi connectivity index (χ2n) is 23.5. The maximum absolute atomic E-state index is 14.6. The van der Waals surface area contributed by atoms with Gasteiger partial charge in [0, 0.05) is 56.5 Å². The zero-order valence-electron chi connectivity index (χ0n) is 51.6. The predicted octanol–water partition coefficient (Wildman–Crippen LogP) is 5.79. The highest BCUT2D eigenvalue weighted by atomic mass is 16.6. The molecule has 5 atom stereocenters. The minimum absolute atomic E-state index is 0.0174. The number of nitrogens with one attached hydrogen (secondary N) is 4. The molecule has 2 fully saturated rings. The Hall–Kier alpha value is -7.74. The third kappa shape index (κ3) is 16.8. The number of hydrogen-bond acceptors (Lipinski definition) is 18. The van der Waals surface area contributed by atoms with Crippen LogP contribution in [0, 0.1) is 11.3 Å². The van der Waals surface area contributed by atoms with Crippen LogP contribution in [0.25, 0.3) is 0 Å². The van der Waals surface area contributed by atoms with E-state index in [1.54, 1.807) is 56.2 Å². The van der Waals surface area contributed by atoms with Crippen molar-refractivity contribution < 1.29 is 76.5 Å². The second kappa shape index (κ2) is 31.1. The number of ether oxygens (including phenoxy) is 9. The molecule has 1 spiro atoms. The van der Waals surface area contributed by atoms with Crippen LogP contribution < -0.4 is 50.8 Å². The van der Waals surface area contributed by atoms with Gasteiger partial charge in [-0.25, -0.2) is 9.69 Å². The van der Waals surface area contributed by atoms with E-state index in [0.717, 1.165) is 41.1 Å². The van der Waals surface area contributed by atoms with E-state index in [4.69, 9.17) is 48.4 Å². The van der Waals surface area contributed by atoms with Gasteiger partial charge >= 0.3 is 6.09 Å². The minimum atomic E-state index is -1.54. The molecule has 1 aliphatic carbocycles. The van der Waals surface area contributed by atoms with E-state index < -0.39 is 48.2 Å². The van der Waals surface area contributed by atoms with E-state index in [9.17, 15) is 33.9 Å². The van der Waals surface area contributed by atoms with Crippen LogP contribution in [0.15, 0.2) is 72.8 Å². The highest BCUT2D eigenvalue weighted by Crippen LogP contribution is 2.56. The topological polar surface area (TPSA) is 290 Å². The lowest BCUT2D eigenvalue weighted by Crippen LogP contribution is -2.55. The summed E-state index contributed by atoms with van der Waals surface area (Å²) in [5, 5.41) is 24.0. The molecule has 4 aromatic carbocycles. The van der Waals surface area contributed by atoms with Crippen molar-refractivity contribution in [1.29, 1.82) is 0 Å². The first-order valence-electron chi connectivity index (χ1n) is 30.9. The summed E-state index contributed by atoms with van der Waals surface area (Å²) in [6, 6.07) is 18.3. The monoisotopic (exact) mass is 1230 g/mol. The Morgan fingerprint density at radius 3 is 1.97 bits per heavy atom. The van der Waals surface area contributed by atoms with E-state index in [-0.39, 0.29) is 92.3 Å². The third-order valence-electron chi connectivity index (χ3n) is 16.8. The summed E-state index contributed by atoms with van der Waals surface area (Å²) < 4.78 is 51.6. The third-order valence-corrected chi connectivity index (χ3v) is 16.8. The summed E-state index contributed by atoms with van der Waals surface area (Å²) in [5.74, 6) is -0.551. The van der Waals surface area contributed by atoms with E-state index in [1.807, 2.05) is 35.2 Å². The average molecular weight is 1240 g/mol. The van der Waals surface area contributed by atoms with Gasteiger partial charge in [0.05, 0.1) is 109 Å². The molecule has 1 saturated carbocycles. The largest absolute Gasteiger partial charge is 0.493 e. The van der Waals surface area contributed by atoms with E-state index in [0.29, 0.717) is 106 Å². The van der Waals surface area contributed by atoms with Gasteiger partial charge in [-0.3, -0.25) is 24.0 Å². The standard InChI is InChI=1S/C65H86N8O16/c1-41(2)58(70-57(74)17-23-83-25-27-85-29-30-86-28-26-84-24-20-66)60(76)68-42(3)59(75)69-46-15-13-43(14-16-46)39-89-64(80)73-51-35-56(54(82-5)33-49(51)62(78)71-38-45-12-8-7-11-44(45)31-52(71)63(73)79)88-22-10-6-9-21-87-55-34-50-48(32-53(55)81-4)61(77)72-40-65(18-19-65)36-47(72)37-67-50/h7-8,11-16,32-35,41-42,47,52,58,63,67,79H,6,9-10,17-31,36-40,66H2,1-5H3,(H,68,76)(H,69,75)(H,70,74)/t42-,47-,52-,58-,63-/m0/s1. The Morgan fingerprint density at radius 1 is 0.708 bits per heavy atom. The molecule has 1 saturated heterocycles. The van der Waals surface area contributed by atoms with E-state index in [2.05, 4.69) is 21.3 Å². The van der Waals surface area contributed by atoms with Crippen LogP contribution >= 0.6 is 0 Å². The Balaban J connectivity index is 0.762. The predicted molar refractivity (Wildman–Crippen MR) is 329 cm³/mol. The zero-order valence-corrected chi connectivity index (χ0v) is 51.6. The molecule has 4 heterocycles. The molecule has 7 N–H and O–H groups in total. The highest BCUT2D eigenvalue weighted by Gasteiger charge is 2.54. The fourth-order valence-corrected chi connectivity index (χ4v) is 11.6. The summed E-state index contributed by atoms with van der Waals surface area (Å²) in [6.45, 7) is 10.6. The van der Waals surface area contributed by atoms with Gasteiger partial charge in [-0.1, -0.05) is 50.2 Å². The van der Waals surface area contributed by atoms with Crippen LogP contribution in [0.4, 0.5) is 21.9 Å². The number of anilines is 3. The van der Waals surface area contributed by atoms with Crippen molar-refractivity contribution in [1.82, 2.24) is 20.4 Å². The van der Waals surface area contributed by atoms with Crippen molar-refractivity contribution in [2.45, 2.75) is 116 Å². The van der Waals surface area contributed by atoms with Gasteiger partial charge in [-0.15, -0.1) is 0 Å². The fraction of sp³-hybridized carbons (Fsp3) is 0.538. The Labute approximate surface area is 519 Å². The van der Waals surface area contributed by atoms with Crippen LogP contribution in [0.2, 0.25) is 0 Å². The molecule has 89 heavy (non-hydrogen) atoms. The quantitative estimate of drug-likeness (QED) is 0.0315. The minimum Gasteiger partial charge on any atom is -0.493 e. The van der Waals surface area contributed by atoms with Crippen LogP contribution in [0.3, 0.4) is 0 Å². The number of nitrogens with two attached hydrogens (primary N) is 1. The lowest BCUT2D eigenvalue weighted by Gasteiger charge is -2.39. The number of hydrogen-bond donors (Lipinski definition) is 6. The number of benzene rings is 4. The van der Waals surface area contributed by atoms with Crippen molar-refractivity contribution in [2.24, 2.45) is 17.1 Å². The molecule has 6 amide bonds. The van der Waals surface area contributed by atoms with Gasteiger partial charge in [0.25, 0.3) is 11.8 Å². The van der Waals surface area contributed by atoms with Crippen molar-refractivity contribution in [3.63, 3.8) is 0 Å². The molecule has 0 unspecified atom stereocenters. The molecule has 4 aliphatic heterocycles. The number of aliphatic hydroxyl groups excluding tert-OH is 1. The number of amides is 6. The number of nitrogens with zero attached hydrogens (tertiary/aromatic N) is 3. The molecule has 24 nitrogen and oxygen atoms in total. The Bertz CT molecular complexity index is 3110.